The van der Waals surface area contributed by atoms with Crippen molar-refractivity contribution in [2.24, 2.45) is 0 Å². The zero-order valence-electron chi connectivity index (χ0n) is 10.1. The first-order valence-corrected chi connectivity index (χ1v) is 5.56. The minimum Gasteiger partial charge on any atom is -0.508 e. The van der Waals surface area contributed by atoms with Crippen molar-refractivity contribution < 1.29 is 19.0 Å². The summed E-state index contributed by atoms with van der Waals surface area (Å²) in [5.74, 6) is -0.102. The van der Waals surface area contributed by atoms with E-state index in [2.05, 4.69) is 10.4 Å². The standard InChI is InChI=1S/C12H13F2N3O2/c1-7-10(6-17(16-7)12(13)14)15-5-8-2-3-9(18)4-11(8)19/h2-4,6,12,15,18-19H,5H2,1H3. The average Bonchev–Trinajstić information content (AvgIpc) is 2.70. The number of aromatic nitrogens is 2. The Bertz CT molecular complexity index is 584. The van der Waals surface area contributed by atoms with Gasteiger partial charge in [-0.05, 0) is 19.1 Å². The van der Waals surface area contributed by atoms with Gasteiger partial charge in [-0.3, -0.25) is 0 Å². The number of nitrogens with one attached hydrogen (secondary N) is 1. The average molecular weight is 269 g/mol. The minimum absolute atomic E-state index is 0.0389. The molecule has 2 aromatic rings. The van der Waals surface area contributed by atoms with Crippen LogP contribution in [0.3, 0.4) is 0 Å². The van der Waals surface area contributed by atoms with Crippen molar-refractivity contribution in [1.29, 1.82) is 0 Å². The van der Waals surface area contributed by atoms with Crippen molar-refractivity contribution in [2.75, 3.05) is 5.32 Å². The number of hydrogen-bond acceptors (Lipinski definition) is 4. The predicted molar refractivity (Wildman–Crippen MR) is 65.3 cm³/mol. The molecule has 2 rings (SSSR count). The van der Waals surface area contributed by atoms with Gasteiger partial charge in [0.2, 0.25) is 0 Å². The predicted octanol–water partition coefficient (Wildman–Crippen LogP) is 2.61. The number of phenols is 2. The number of aryl methyl sites for hydroxylation is 1. The van der Waals surface area contributed by atoms with E-state index >= 15 is 0 Å². The summed E-state index contributed by atoms with van der Waals surface area (Å²) in [6.45, 7) is -0.837. The number of hydrogen-bond donors (Lipinski definition) is 3. The van der Waals surface area contributed by atoms with Gasteiger partial charge in [0.15, 0.2) is 0 Å². The third kappa shape index (κ3) is 2.93. The van der Waals surface area contributed by atoms with Crippen molar-refractivity contribution in [3.63, 3.8) is 0 Å². The van der Waals surface area contributed by atoms with E-state index < -0.39 is 6.55 Å². The fourth-order valence-electron chi connectivity index (χ4n) is 1.65. The molecule has 0 saturated heterocycles. The van der Waals surface area contributed by atoms with Gasteiger partial charge in [0.05, 0.1) is 17.6 Å². The highest BCUT2D eigenvalue weighted by Gasteiger charge is 2.11. The molecule has 0 spiro atoms. The molecule has 19 heavy (non-hydrogen) atoms. The first-order valence-electron chi connectivity index (χ1n) is 5.56. The van der Waals surface area contributed by atoms with Crippen LogP contribution in [-0.2, 0) is 6.54 Å². The number of nitrogens with zero attached hydrogens (tertiary/aromatic N) is 2. The second-order valence-corrected chi connectivity index (χ2v) is 4.05. The smallest absolute Gasteiger partial charge is 0.333 e. The van der Waals surface area contributed by atoms with E-state index in [-0.39, 0.29) is 18.0 Å². The summed E-state index contributed by atoms with van der Waals surface area (Å²) >= 11 is 0. The Hall–Kier alpha value is -2.31. The Balaban J connectivity index is 2.10. The van der Waals surface area contributed by atoms with Crippen LogP contribution in [-0.4, -0.2) is 20.0 Å². The lowest BCUT2D eigenvalue weighted by molar-refractivity contribution is 0.0563. The third-order valence-corrected chi connectivity index (χ3v) is 2.65. The molecule has 0 bridgehead atoms. The van der Waals surface area contributed by atoms with Crippen LogP contribution in [0.4, 0.5) is 14.5 Å². The molecule has 5 nitrogen and oxygen atoms in total. The van der Waals surface area contributed by atoms with Gasteiger partial charge >= 0.3 is 6.55 Å². The minimum atomic E-state index is -2.68. The van der Waals surface area contributed by atoms with Crippen molar-refractivity contribution >= 4 is 5.69 Å². The summed E-state index contributed by atoms with van der Waals surface area (Å²) in [5.41, 5.74) is 1.45. The van der Waals surface area contributed by atoms with Crippen molar-refractivity contribution in [2.45, 2.75) is 20.0 Å². The molecule has 0 atom stereocenters. The number of benzene rings is 1. The van der Waals surface area contributed by atoms with Crippen LogP contribution in [0.15, 0.2) is 24.4 Å². The van der Waals surface area contributed by atoms with Crippen LogP contribution < -0.4 is 5.32 Å². The van der Waals surface area contributed by atoms with Crippen LogP contribution in [0.25, 0.3) is 0 Å². The Labute approximate surface area is 108 Å². The van der Waals surface area contributed by atoms with E-state index in [0.29, 0.717) is 21.6 Å². The van der Waals surface area contributed by atoms with Gasteiger partial charge in [-0.1, -0.05) is 0 Å². The molecule has 0 aliphatic rings. The van der Waals surface area contributed by atoms with E-state index in [1.807, 2.05) is 0 Å². The Morgan fingerprint density at radius 1 is 1.37 bits per heavy atom. The summed E-state index contributed by atoms with van der Waals surface area (Å²) < 4.78 is 25.4. The zero-order chi connectivity index (χ0) is 14.0. The lowest BCUT2D eigenvalue weighted by Gasteiger charge is -2.07. The van der Waals surface area contributed by atoms with Crippen LogP contribution in [0.2, 0.25) is 0 Å². The number of aromatic hydroxyl groups is 2. The Morgan fingerprint density at radius 3 is 2.68 bits per heavy atom. The molecule has 0 radical (unpaired) electrons. The quantitative estimate of drug-likeness (QED) is 0.798. The summed E-state index contributed by atoms with van der Waals surface area (Å²) in [5, 5.41) is 25.3. The highest BCUT2D eigenvalue weighted by Crippen LogP contribution is 2.24. The van der Waals surface area contributed by atoms with Crippen LogP contribution in [0, 0.1) is 6.92 Å². The number of rotatable bonds is 4. The summed E-state index contributed by atoms with van der Waals surface area (Å²) in [6.07, 6.45) is 1.21. The summed E-state index contributed by atoms with van der Waals surface area (Å²) in [7, 11) is 0. The lowest BCUT2D eigenvalue weighted by Crippen LogP contribution is -2.00. The topological polar surface area (TPSA) is 70.3 Å². The number of anilines is 1. The maximum absolute atomic E-state index is 12.4. The number of halogens is 2. The molecular weight excluding hydrogens is 256 g/mol. The molecule has 1 aromatic heterocycles. The van der Waals surface area contributed by atoms with Crippen molar-refractivity contribution in [3.8, 4) is 11.5 Å². The van der Waals surface area contributed by atoms with Gasteiger partial charge in [-0.25, -0.2) is 4.68 Å². The molecule has 0 unspecified atom stereocenters. The molecule has 0 aliphatic heterocycles. The van der Waals surface area contributed by atoms with Crippen molar-refractivity contribution in [1.82, 2.24) is 9.78 Å². The molecule has 0 aliphatic carbocycles. The SMILES string of the molecule is Cc1nn(C(F)F)cc1NCc1ccc(O)cc1O. The molecule has 1 aromatic carbocycles. The molecule has 7 heteroatoms. The van der Waals surface area contributed by atoms with E-state index in [0.717, 1.165) is 0 Å². The van der Waals surface area contributed by atoms with Gasteiger partial charge in [-0.15, -0.1) is 0 Å². The second kappa shape index (κ2) is 5.13. The molecule has 3 N–H and O–H groups in total. The first kappa shape index (κ1) is 13.1. The largest absolute Gasteiger partial charge is 0.508 e. The molecule has 0 saturated carbocycles. The maximum atomic E-state index is 12.4. The van der Waals surface area contributed by atoms with Crippen LogP contribution in [0.1, 0.15) is 17.8 Å². The molecule has 1 heterocycles. The molecule has 0 fully saturated rings. The fourth-order valence-corrected chi connectivity index (χ4v) is 1.65. The van der Waals surface area contributed by atoms with E-state index in [9.17, 15) is 13.9 Å². The second-order valence-electron chi connectivity index (χ2n) is 4.05. The third-order valence-electron chi connectivity index (χ3n) is 2.65. The fraction of sp³-hybridized carbons (Fsp3) is 0.250. The summed E-state index contributed by atoms with van der Waals surface area (Å²) in [6, 6.07) is 4.20. The Kier molecular flexibility index (Phi) is 3.55. The van der Waals surface area contributed by atoms with Gasteiger partial charge < -0.3 is 15.5 Å². The van der Waals surface area contributed by atoms with Crippen LogP contribution >= 0.6 is 0 Å². The normalized spacial score (nSPS) is 10.9. The first-order chi connectivity index (χ1) is 8.97. The molecule has 102 valence electrons. The number of alkyl halides is 2. The Morgan fingerprint density at radius 2 is 2.11 bits per heavy atom. The van der Waals surface area contributed by atoms with Gasteiger partial charge in [0, 0.05) is 18.2 Å². The van der Waals surface area contributed by atoms with Gasteiger partial charge in [0.1, 0.15) is 11.5 Å². The van der Waals surface area contributed by atoms with Gasteiger partial charge in [-0.2, -0.15) is 13.9 Å². The summed E-state index contributed by atoms with van der Waals surface area (Å²) in [4.78, 5) is 0. The molecule has 0 amide bonds. The van der Waals surface area contributed by atoms with Crippen LogP contribution in [0.5, 0.6) is 11.5 Å². The highest BCUT2D eigenvalue weighted by atomic mass is 19.3. The monoisotopic (exact) mass is 269 g/mol. The zero-order valence-corrected chi connectivity index (χ0v) is 10.1. The molecular formula is C12H13F2N3O2. The van der Waals surface area contributed by atoms with E-state index in [4.69, 9.17) is 5.11 Å². The number of phenolic OH excluding ortho intramolecular Hbond substituents is 2. The lowest BCUT2D eigenvalue weighted by atomic mass is 10.2. The van der Waals surface area contributed by atoms with E-state index in [1.165, 1.54) is 18.3 Å². The maximum Gasteiger partial charge on any atom is 0.333 e. The highest BCUT2D eigenvalue weighted by molar-refractivity contribution is 5.48. The van der Waals surface area contributed by atoms with Gasteiger partial charge in [0.25, 0.3) is 0 Å². The van der Waals surface area contributed by atoms with Crippen molar-refractivity contribution in [3.05, 3.63) is 35.7 Å². The van der Waals surface area contributed by atoms with E-state index in [1.54, 1.807) is 13.0 Å².